The topological polar surface area (TPSA) is 114 Å². The van der Waals surface area contributed by atoms with Gasteiger partial charge in [-0.15, -0.1) is 0 Å². The molecule has 2 aliphatic rings. The van der Waals surface area contributed by atoms with Crippen LogP contribution in [0.2, 0.25) is 5.02 Å². The van der Waals surface area contributed by atoms with E-state index < -0.39 is 73.0 Å². The molecule has 2 N–H and O–H groups in total. The highest BCUT2D eigenvalue weighted by Gasteiger charge is 2.60. The van der Waals surface area contributed by atoms with Gasteiger partial charge in [0.15, 0.2) is 5.54 Å². The van der Waals surface area contributed by atoms with Crippen molar-refractivity contribution in [3.8, 4) is 0 Å². The highest BCUT2D eigenvalue weighted by molar-refractivity contribution is 6.32. The van der Waals surface area contributed by atoms with Gasteiger partial charge in [-0.05, 0) is 35.9 Å². The summed E-state index contributed by atoms with van der Waals surface area (Å²) in [7, 11) is 0. The predicted molar refractivity (Wildman–Crippen MR) is 138 cm³/mol. The van der Waals surface area contributed by atoms with Crippen molar-refractivity contribution in [1.29, 1.82) is 0 Å². The van der Waals surface area contributed by atoms with E-state index >= 15 is 0 Å². The summed E-state index contributed by atoms with van der Waals surface area (Å²) in [5.74, 6) is -7.88. The largest absolute Gasteiger partial charge is 0.369 e. The highest BCUT2D eigenvalue weighted by Crippen LogP contribution is 2.43. The third-order valence-electron chi connectivity index (χ3n) is 6.82. The van der Waals surface area contributed by atoms with Crippen LogP contribution in [0.4, 0.5) is 24.8 Å². The Kier molecular flexibility index (Phi) is 7.47. The minimum Gasteiger partial charge on any atom is -0.369 e. The van der Waals surface area contributed by atoms with Crippen LogP contribution in [0.1, 0.15) is 24.3 Å². The third-order valence-corrected chi connectivity index (χ3v) is 7.16. The molecule has 0 radical (unpaired) electrons. The standard InChI is InChI=1S/C27H23ClF3N5O4/c28-20-8-2-1-7-19(20)22(23(38)34-18-12-26(30,31)13-18)27(24(39)35-17-6-3-5-16(29)11-17)15-40-14-21(37)36(27)25-32-9-4-10-33-25/h1-11,18,22H,12-15H2,(H,34,38)(H,35,39)/t22-,27?/m1/s1. The number of anilines is 2. The van der Waals surface area contributed by atoms with Gasteiger partial charge in [-0.1, -0.05) is 35.9 Å². The number of carbonyl (C=O) groups is 3. The summed E-state index contributed by atoms with van der Waals surface area (Å²) in [5.41, 5.74) is -2.06. The molecule has 208 valence electrons. The van der Waals surface area contributed by atoms with Crippen LogP contribution < -0.4 is 15.5 Å². The zero-order valence-corrected chi connectivity index (χ0v) is 21.6. The summed E-state index contributed by atoms with van der Waals surface area (Å²) < 4.78 is 46.9. The van der Waals surface area contributed by atoms with Crippen LogP contribution in [0, 0.1) is 5.82 Å². The minimum atomic E-state index is -2.93. The Bertz CT molecular complexity index is 1440. The van der Waals surface area contributed by atoms with Crippen molar-refractivity contribution in [3.05, 3.63) is 83.4 Å². The lowest BCUT2D eigenvalue weighted by atomic mass is 9.75. The quantitative estimate of drug-likeness (QED) is 0.446. The minimum absolute atomic E-state index is 0.0354. The molecule has 5 rings (SSSR count). The molecule has 1 unspecified atom stereocenters. The average Bonchev–Trinajstić information content (AvgIpc) is 2.89. The number of rotatable bonds is 7. The summed E-state index contributed by atoms with van der Waals surface area (Å²) in [4.78, 5) is 51.1. The van der Waals surface area contributed by atoms with E-state index in [1.54, 1.807) is 12.1 Å². The second-order valence-electron chi connectivity index (χ2n) is 9.58. The number of hydrogen-bond acceptors (Lipinski definition) is 6. The summed E-state index contributed by atoms with van der Waals surface area (Å²) in [6.45, 7) is -0.985. The molecule has 1 saturated carbocycles. The molecule has 0 spiro atoms. The van der Waals surface area contributed by atoms with Crippen molar-refractivity contribution in [1.82, 2.24) is 15.3 Å². The maximum atomic E-state index is 14.3. The molecule has 2 aromatic carbocycles. The molecule has 40 heavy (non-hydrogen) atoms. The molecule has 2 heterocycles. The maximum absolute atomic E-state index is 14.3. The molecule has 1 aliphatic heterocycles. The number of carbonyl (C=O) groups excluding carboxylic acids is 3. The zero-order chi connectivity index (χ0) is 28.5. The number of hydrogen-bond donors (Lipinski definition) is 2. The van der Waals surface area contributed by atoms with Crippen LogP contribution in [0.15, 0.2) is 67.0 Å². The SMILES string of the molecule is O=C(NC1CC(F)(F)C1)[C@@H](c1ccccc1Cl)C1(C(=O)Nc2cccc(F)c2)COCC(=O)N1c1ncccn1. The van der Waals surface area contributed by atoms with Crippen LogP contribution in [0.25, 0.3) is 0 Å². The molecule has 1 aliphatic carbocycles. The second kappa shape index (κ2) is 10.9. The molecule has 2 fully saturated rings. The first kappa shape index (κ1) is 27.5. The van der Waals surface area contributed by atoms with Gasteiger partial charge in [0.2, 0.25) is 11.9 Å². The first-order chi connectivity index (χ1) is 19.1. The normalized spacial score (nSPS) is 21.3. The Balaban J connectivity index is 1.69. The van der Waals surface area contributed by atoms with Crippen LogP contribution in [0.3, 0.4) is 0 Å². The van der Waals surface area contributed by atoms with Crippen molar-refractivity contribution in [2.75, 3.05) is 23.4 Å². The third kappa shape index (κ3) is 5.24. The predicted octanol–water partition coefficient (Wildman–Crippen LogP) is 3.71. The van der Waals surface area contributed by atoms with Gasteiger partial charge in [0.1, 0.15) is 12.4 Å². The number of nitrogens with zero attached hydrogens (tertiary/aromatic N) is 3. The lowest BCUT2D eigenvalue weighted by Gasteiger charge is -2.48. The molecule has 3 amide bonds. The lowest BCUT2D eigenvalue weighted by molar-refractivity contribution is -0.145. The fourth-order valence-electron chi connectivity index (χ4n) is 5.03. The van der Waals surface area contributed by atoms with Crippen molar-refractivity contribution >= 4 is 41.0 Å². The smallest absolute Gasteiger partial charge is 0.256 e. The molecule has 3 aromatic rings. The monoisotopic (exact) mass is 573 g/mol. The number of halogens is 4. The summed E-state index contributed by atoms with van der Waals surface area (Å²) >= 11 is 6.53. The summed E-state index contributed by atoms with van der Waals surface area (Å²) in [5, 5.41) is 5.24. The van der Waals surface area contributed by atoms with Crippen molar-refractivity contribution in [2.24, 2.45) is 0 Å². The van der Waals surface area contributed by atoms with Gasteiger partial charge in [0.05, 0.1) is 12.5 Å². The van der Waals surface area contributed by atoms with Gasteiger partial charge in [-0.2, -0.15) is 0 Å². The number of amides is 3. The van der Waals surface area contributed by atoms with Crippen molar-refractivity contribution < 1.29 is 32.3 Å². The molecule has 9 nitrogen and oxygen atoms in total. The Morgan fingerprint density at radius 3 is 2.48 bits per heavy atom. The highest BCUT2D eigenvalue weighted by atomic mass is 35.5. The Hall–Kier alpha value is -4.03. The van der Waals surface area contributed by atoms with Gasteiger partial charge in [0, 0.05) is 42.0 Å². The van der Waals surface area contributed by atoms with E-state index in [1.165, 1.54) is 48.8 Å². The Morgan fingerprint density at radius 2 is 1.80 bits per heavy atom. The number of alkyl halides is 2. The molecule has 13 heteroatoms. The van der Waals surface area contributed by atoms with E-state index in [9.17, 15) is 27.6 Å². The zero-order valence-electron chi connectivity index (χ0n) is 20.8. The Labute approximate surface area is 231 Å². The van der Waals surface area contributed by atoms with Gasteiger partial charge in [0.25, 0.3) is 17.7 Å². The summed E-state index contributed by atoms with van der Waals surface area (Å²) in [6, 6.07) is 11.8. The first-order valence-electron chi connectivity index (χ1n) is 12.3. The van der Waals surface area contributed by atoms with Crippen molar-refractivity contribution in [3.63, 3.8) is 0 Å². The first-order valence-corrected chi connectivity index (χ1v) is 12.7. The van der Waals surface area contributed by atoms with Crippen molar-refractivity contribution in [2.45, 2.75) is 36.3 Å². The van der Waals surface area contributed by atoms with E-state index in [0.717, 1.165) is 11.0 Å². The number of aromatic nitrogens is 2. The van der Waals surface area contributed by atoms with E-state index in [-0.39, 0.29) is 22.2 Å². The average molecular weight is 574 g/mol. The van der Waals surface area contributed by atoms with Gasteiger partial charge < -0.3 is 15.4 Å². The van der Waals surface area contributed by atoms with E-state index in [4.69, 9.17) is 16.3 Å². The van der Waals surface area contributed by atoms with E-state index in [2.05, 4.69) is 20.6 Å². The fraction of sp³-hybridized carbons (Fsp3) is 0.296. The Morgan fingerprint density at radius 1 is 1.07 bits per heavy atom. The van der Waals surface area contributed by atoms with E-state index in [0.29, 0.717) is 0 Å². The maximum Gasteiger partial charge on any atom is 0.256 e. The lowest BCUT2D eigenvalue weighted by Crippen LogP contribution is -2.71. The van der Waals surface area contributed by atoms with Gasteiger partial charge >= 0.3 is 0 Å². The number of ether oxygens (including phenoxy) is 1. The molecular formula is C27H23ClF3N5O4. The molecule has 1 aromatic heterocycles. The van der Waals surface area contributed by atoms with Gasteiger partial charge in [-0.3, -0.25) is 19.3 Å². The van der Waals surface area contributed by atoms with E-state index in [1.807, 2.05) is 0 Å². The molecule has 1 saturated heterocycles. The number of morpholine rings is 1. The molecule has 0 bridgehead atoms. The van der Waals surface area contributed by atoms with Gasteiger partial charge in [-0.25, -0.2) is 23.1 Å². The number of benzene rings is 2. The molecular weight excluding hydrogens is 551 g/mol. The number of nitrogens with one attached hydrogen (secondary N) is 2. The van der Waals surface area contributed by atoms with Crippen LogP contribution in [-0.2, 0) is 19.1 Å². The molecule has 2 atom stereocenters. The van der Waals surface area contributed by atoms with Crippen LogP contribution in [-0.4, -0.2) is 58.4 Å². The fourth-order valence-corrected chi connectivity index (χ4v) is 5.28. The summed E-state index contributed by atoms with van der Waals surface area (Å²) in [6.07, 6.45) is 1.53. The van der Waals surface area contributed by atoms with Crippen LogP contribution >= 0.6 is 11.6 Å². The van der Waals surface area contributed by atoms with Crippen LogP contribution in [0.5, 0.6) is 0 Å². The second-order valence-corrected chi connectivity index (χ2v) is 9.99.